The van der Waals surface area contributed by atoms with E-state index < -0.39 is 0 Å². The van der Waals surface area contributed by atoms with Gasteiger partial charge in [-0.05, 0) is 0 Å². The molecular weight excluding hydrogens is 283 g/mol. The molecule has 18 heavy (non-hydrogen) atoms. The summed E-state index contributed by atoms with van der Waals surface area (Å²) in [7, 11) is 0. The molecule has 0 atom stereocenters. The Morgan fingerprint density at radius 2 is 1.50 bits per heavy atom. The van der Waals surface area contributed by atoms with E-state index in [1.54, 1.807) is 0 Å². The van der Waals surface area contributed by atoms with Gasteiger partial charge in [0.2, 0.25) is 0 Å². The minimum atomic E-state index is 0.365. The van der Waals surface area contributed by atoms with Crippen molar-refractivity contribution in [2.75, 3.05) is 0 Å². The predicted molar refractivity (Wildman–Crippen MR) is 81.1 cm³/mol. The SMILES string of the molecule is C/C=C\C(=C\c1ccccc1)[Se]c1ccccc1. The molecule has 2 rings (SSSR count). The number of rotatable bonds is 4. The van der Waals surface area contributed by atoms with Crippen molar-refractivity contribution < 1.29 is 0 Å². The first kappa shape index (κ1) is 12.9. The Kier molecular flexibility index (Phi) is 5.01. The quantitative estimate of drug-likeness (QED) is 0.597. The van der Waals surface area contributed by atoms with Gasteiger partial charge in [-0.2, -0.15) is 0 Å². The Hall–Kier alpha value is -1.56. The zero-order chi connectivity index (χ0) is 12.6. The Labute approximate surface area is 115 Å². The zero-order valence-electron chi connectivity index (χ0n) is 10.4. The van der Waals surface area contributed by atoms with Crippen LogP contribution in [0.3, 0.4) is 0 Å². The summed E-state index contributed by atoms with van der Waals surface area (Å²) in [5, 5.41) is 0. The van der Waals surface area contributed by atoms with Gasteiger partial charge >= 0.3 is 115 Å². The summed E-state index contributed by atoms with van der Waals surface area (Å²) in [6.07, 6.45) is 6.59. The first-order valence-electron chi connectivity index (χ1n) is 6.01. The molecule has 0 aromatic heterocycles. The van der Waals surface area contributed by atoms with Crippen LogP contribution in [-0.4, -0.2) is 15.0 Å². The van der Waals surface area contributed by atoms with E-state index >= 15 is 0 Å². The van der Waals surface area contributed by atoms with Crippen LogP contribution in [0.15, 0.2) is 77.3 Å². The van der Waals surface area contributed by atoms with Gasteiger partial charge in [0.25, 0.3) is 0 Å². The zero-order valence-corrected chi connectivity index (χ0v) is 12.1. The second kappa shape index (κ2) is 7.00. The second-order valence-electron chi connectivity index (χ2n) is 3.87. The van der Waals surface area contributed by atoms with Gasteiger partial charge in [-0.3, -0.25) is 0 Å². The number of benzene rings is 2. The van der Waals surface area contributed by atoms with Crippen molar-refractivity contribution in [2.45, 2.75) is 6.92 Å². The van der Waals surface area contributed by atoms with Gasteiger partial charge in [0.15, 0.2) is 0 Å². The molecule has 90 valence electrons. The first-order valence-corrected chi connectivity index (χ1v) is 7.72. The van der Waals surface area contributed by atoms with E-state index in [1.807, 2.05) is 0 Å². The fourth-order valence-electron chi connectivity index (χ4n) is 1.61. The molecule has 0 N–H and O–H groups in total. The molecule has 0 aliphatic carbocycles. The molecule has 0 heterocycles. The van der Waals surface area contributed by atoms with Crippen LogP contribution < -0.4 is 4.46 Å². The van der Waals surface area contributed by atoms with Crippen molar-refractivity contribution >= 4 is 25.5 Å². The van der Waals surface area contributed by atoms with Gasteiger partial charge in [-0.25, -0.2) is 0 Å². The minimum absolute atomic E-state index is 0.365. The average Bonchev–Trinajstić information content (AvgIpc) is 2.41. The monoisotopic (exact) mass is 300 g/mol. The summed E-state index contributed by atoms with van der Waals surface area (Å²) in [5.74, 6) is 0. The summed E-state index contributed by atoms with van der Waals surface area (Å²) in [6, 6.07) is 21.2. The molecule has 0 unspecified atom stereocenters. The van der Waals surface area contributed by atoms with E-state index in [9.17, 15) is 0 Å². The van der Waals surface area contributed by atoms with Crippen LogP contribution in [-0.2, 0) is 0 Å². The molecule has 0 nitrogen and oxygen atoms in total. The predicted octanol–water partition coefficient (Wildman–Crippen LogP) is 3.63. The second-order valence-corrected chi connectivity index (χ2v) is 6.28. The maximum absolute atomic E-state index is 2.27. The van der Waals surface area contributed by atoms with Crippen LogP contribution in [0.5, 0.6) is 0 Å². The van der Waals surface area contributed by atoms with E-state index in [1.165, 1.54) is 14.5 Å². The maximum atomic E-state index is 2.27. The molecule has 0 bridgehead atoms. The van der Waals surface area contributed by atoms with E-state index in [2.05, 4.69) is 85.8 Å². The van der Waals surface area contributed by atoms with Crippen LogP contribution in [0, 0.1) is 0 Å². The van der Waals surface area contributed by atoms with Crippen LogP contribution in [0.1, 0.15) is 12.5 Å². The van der Waals surface area contributed by atoms with E-state index in [0.29, 0.717) is 15.0 Å². The molecule has 0 amide bonds. The summed E-state index contributed by atoms with van der Waals surface area (Å²) < 4.78 is 2.80. The third kappa shape index (κ3) is 4.03. The van der Waals surface area contributed by atoms with Crippen LogP contribution in [0.4, 0.5) is 0 Å². The van der Waals surface area contributed by atoms with Crippen molar-refractivity contribution in [1.29, 1.82) is 0 Å². The van der Waals surface area contributed by atoms with Gasteiger partial charge < -0.3 is 0 Å². The molecule has 0 aliphatic heterocycles. The molecule has 0 saturated heterocycles. The summed E-state index contributed by atoms with van der Waals surface area (Å²) in [5.41, 5.74) is 1.27. The van der Waals surface area contributed by atoms with Crippen LogP contribution in [0.25, 0.3) is 6.08 Å². The number of hydrogen-bond acceptors (Lipinski definition) is 0. The Morgan fingerprint density at radius 1 is 0.889 bits per heavy atom. The van der Waals surface area contributed by atoms with Crippen molar-refractivity contribution in [1.82, 2.24) is 0 Å². The van der Waals surface area contributed by atoms with Gasteiger partial charge in [0.1, 0.15) is 0 Å². The Bertz CT molecular complexity index is 524. The van der Waals surface area contributed by atoms with Gasteiger partial charge in [-0.15, -0.1) is 0 Å². The van der Waals surface area contributed by atoms with Gasteiger partial charge in [-0.1, -0.05) is 0 Å². The fraction of sp³-hybridized carbons (Fsp3) is 0.0588. The third-order valence-electron chi connectivity index (χ3n) is 2.42. The first-order chi connectivity index (χ1) is 8.88. The molecule has 0 saturated carbocycles. The molecular formula is C17H16Se. The fourth-order valence-corrected chi connectivity index (χ4v) is 3.64. The molecule has 0 spiro atoms. The molecule has 1 heteroatoms. The molecule has 0 fully saturated rings. The van der Waals surface area contributed by atoms with Crippen LogP contribution in [0.2, 0.25) is 0 Å². The van der Waals surface area contributed by atoms with E-state index in [4.69, 9.17) is 0 Å². The average molecular weight is 299 g/mol. The molecule has 0 radical (unpaired) electrons. The third-order valence-corrected chi connectivity index (χ3v) is 4.51. The molecule has 0 aliphatic rings. The summed E-state index contributed by atoms with van der Waals surface area (Å²) in [4.78, 5) is 0. The Morgan fingerprint density at radius 3 is 2.11 bits per heavy atom. The topological polar surface area (TPSA) is 0 Å². The van der Waals surface area contributed by atoms with Gasteiger partial charge in [0, 0.05) is 0 Å². The van der Waals surface area contributed by atoms with Crippen LogP contribution >= 0.6 is 0 Å². The Balaban J connectivity index is 2.21. The van der Waals surface area contributed by atoms with Crippen molar-refractivity contribution in [3.05, 3.63) is 82.9 Å². The molecule has 2 aromatic rings. The number of allylic oxidation sites excluding steroid dienone is 3. The van der Waals surface area contributed by atoms with Crippen molar-refractivity contribution in [3.8, 4) is 0 Å². The summed E-state index contributed by atoms with van der Waals surface area (Å²) in [6.45, 7) is 2.07. The van der Waals surface area contributed by atoms with Gasteiger partial charge in [0.05, 0.1) is 0 Å². The summed E-state index contributed by atoms with van der Waals surface area (Å²) >= 11 is 0.365. The van der Waals surface area contributed by atoms with Crippen molar-refractivity contribution in [2.24, 2.45) is 0 Å². The van der Waals surface area contributed by atoms with Crippen molar-refractivity contribution in [3.63, 3.8) is 0 Å². The normalized spacial score (nSPS) is 11.9. The molecule has 2 aromatic carbocycles. The number of hydrogen-bond donors (Lipinski definition) is 0. The standard InChI is InChI=1S/C17H16Se/c1-2-9-17(14-15-10-5-3-6-11-15)18-16-12-7-4-8-13-16/h2-14H,1H3/b9-2-,17-14-. The van der Waals surface area contributed by atoms with E-state index in [-0.39, 0.29) is 0 Å². The van der Waals surface area contributed by atoms with E-state index in [0.717, 1.165) is 0 Å².